The molecule has 19 heavy (non-hydrogen) atoms. The van der Waals surface area contributed by atoms with Crippen molar-refractivity contribution in [2.75, 3.05) is 31.6 Å². The number of fused-ring (bicyclic) bond motifs is 1. The first-order chi connectivity index (χ1) is 9.28. The molecule has 0 aromatic carbocycles. The number of amides is 1. The Morgan fingerprint density at radius 2 is 2.32 bits per heavy atom. The molecule has 3 rings (SSSR count). The molecule has 0 saturated carbocycles. The molecule has 6 nitrogen and oxygen atoms in total. The van der Waals surface area contributed by atoms with Gasteiger partial charge in [-0.25, -0.2) is 10.8 Å². The lowest BCUT2D eigenvalue weighted by Crippen LogP contribution is -2.52. The number of pyridine rings is 1. The Hall–Kier alpha value is -1.66. The maximum Gasteiger partial charge on any atom is 0.254 e. The lowest BCUT2D eigenvalue weighted by Gasteiger charge is -2.37. The Balaban J connectivity index is 1.72. The van der Waals surface area contributed by atoms with E-state index in [0.717, 1.165) is 19.6 Å². The summed E-state index contributed by atoms with van der Waals surface area (Å²) >= 11 is 0. The van der Waals surface area contributed by atoms with Gasteiger partial charge in [0.15, 0.2) is 0 Å². The zero-order chi connectivity index (χ0) is 13.2. The van der Waals surface area contributed by atoms with E-state index in [1.807, 2.05) is 4.90 Å². The van der Waals surface area contributed by atoms with Crippen LogP contribution in [0.25, 0.3) is 0 Å². The SMILES string of the molecule is NNc1cc(C(=O)N2CCN3CCCC3C2)ccn1. The molecule has 0 radical (unpaired) electrons. The van der Waals surface area contributed by atoms with E-state index in [9.17, 15) is 4.79 Å². The predicted octanol–water partition coefficient (Wildman–Crippen LogP) is 0.287. The second-order valence-electron chi connectivity index (χ2n) is 5.16. The van der Waals surface area contributed by atoms with Crippen molar-refractivity contribution in [1.82, 2.24) is 14.8 Å². The lowest BCUT2D eigenvalue weighted by molar-refractivity contribution is 0.0571. The van der Waals surface area contributed by atoms with Gasteiger partial charge in [-0.15, -0.1) is 0 Å². The second kappa shape index (κ2) is 5.14. The highest BCUT2D eigenvalue weighted by molar-refractivity contribution is 5.94. The molecule has 102 valence electrons. The fourth-order valence-electron chi connectivity index (χ4n) is 3.00. The van der Waals surface area contributed by atoms with Crippen LogP contribution in [-0.2, 0) is 0 Å². The fraction of sp³-hybridized carbons (Fsp3) is 0.538. The molecular weight excluding hydrogens is 242 g/mol. The number of hydrazine groups is 1. The highest BCUT2D eigenvalue weighted by Crippen LogP contribution is 2.22. The molecule has 2 aliphatic rings. The van der Waals surface area contributed by atoms with Crippen LogP contribution in [0.5, 0.6) is 0 Å². The topological polar surface area (TPSA) is 74.5 Å². The number of carbonyl (C=O) groups excluding carboxylic acids is 1. The summed E-state index contributed by atoms with van der Waals surface area (Å²) in [4.78, 5) is 20.9. The van der Waals surface area contributed by atoms with Gasteiger partial charge < -0.3 is 10.3 Å². The van der Waals surface area contributed by atoms with Crippen molar-refractivity contribution in [2.45, 2.75) is 18.9 Å². The quantitative estimate of drug-likeness (QED) is 0.591. The van der Waals surface area contributed by atoms with Gasteiger partial charge in [0.2, 0.25) is 0 Å². The summed E-state index contributed by atoms with van der Waals surface area (Å²) < 4.78 is 0. The van der Waals surface area contributed by atoms with Crippen LogP contribution in [0.4, 0.5) is 5.82 Å². The number of nitrogens with zero attached hydrogens (tertiary/aromatic N) is 3. The number of hydrogen-bond donors (Lipinski definition) is 2. The van der Waals surface area contributed by atoms with Gasteiger partial charge in [-0.05, 0) is 31.5 Å². The van der Waals surface area contributed by atoms with E-state index in [4.69, 9.17) is 5.84 Å². The third kappa shape index (κ3) is 2.41. The molecule has 3 N–H and O–H groups in total. The molecule has 0 spiro atoms. The standard InChI is InChI=1S/C13H19N5O/c14-16-12-8-10(3-4-15-12)13(19)18-7-6-17-5-1-2-11(17)9-18/h3-4,8,11H,1-2,5-7,9,14H2,(H,15,16). The van der Waals surface area contributed by atoms with Crippen molar-refractivity contribution >= 4 is 11.7 Å². The van der Waals surface area contributed by atoms with Crippen LogP contribution in [0, 0.1) is 0 Å². The maximum absolute atomic E-state index is 12.5. The molecule has 1 aromatic rings. The Bertz CT molecular complexity index is 478. The highest BCUT2D eigenvalue weighted by atomic mass is 16.2. The van der Waals surface area contributed by atoms with Gasteiger partial charge in [0.25, 0.3) is 5.91 Å². The van der Waals surface area contributed by atoms with Crippen molar-refractivity contribution in [3.05, 3.63) is 23.9 Å². The molecular formula is C13H19N5O. The summed E-state index contributed by atoms with van der Waals surface area (Å²) in [5.74, 6) is 5.92. The average molecular weight is 261 g/mol. The molecule has 6 heteroatoms. The van der Waals surface area contributed by atoms with Gasteiger partial charge >= 0.3 is 0 Å². The van der Waals surface area contributed by atoms with Gasteiger partial charge in [0.1, 0.15) is 5.82 Å². The number of nitrogen functional groups attached to an aromatic ring is 1. The van der Waals surface area contributed by atoms with Gasteiger partial charge in [0.05, 0.1) is 0 Å². The van der Waals surface area contributed by atoms with Crippen LogP contribution in [0.2, 0.25) is 0 Å². The number of aromatic nitrogens is 1. The van der Waals surface area contributed by atoms with Gasteiger partial charge in [-0.3, -0.25) is 9.69 Å². The molecule has 3 heterocycles. The molecule has 1 unspecified atom stereocenters. The Morgan fingerprint density at radius 1 is 1.42 bits per heavy atom. The van der Waals surface area contributed by atoms with E-state index in [1.54, 1.807) is 18.3 Å². The summed E-state index contributed by atoms with van der Waals surface area (Å²) in [6.45, 7) is 3.82. The number of nitrogens with one attached hydrogen (secondary N) is 1. The van der Waals surface area contributed by atoms with Crippen LogP contribution < -0.4 is 11.3 Å². The number of hydrogen-bond acceptors (Lipinski definition) is 5. The number of rotatable bonds is 2. The summed E-state index contributed by atoms with van der Waals surface area (Å²) in [6.07, 6.45) is 4.06. The van der Waals surface area contributed by atoms with E-state index in [-0.39, 0.29) is 5.91 Å². The van der Waals surface area contributed by atoms with Crippen LogP contribution >= 0.6 is 0 Å². The Kier molecular flexibility index (Phi) is 3.35. The van der Waals surface area contributed by atoms with Crippen molar-refractivity contribution in [2.24, 2.45) is 5.84 Å². The van der Waals surface area contributed by atoms with E-state index in [2.05, 4.69) is 15.3 Å². The largest absolute Gasteiger partial charge is 0.336 e. The Labute approximate surface area is 112 Å². The smallest absolute Gasteiger partial charge is 0.254 e. The van der Waals surface area contributed by atoms with Gasteiger partial charge in [-0.2, -0.15) is 0 Å². The monoisotopic (exact) mass is 261 g/mol. The van der Waals surface area contributed by atoms with Crippen molar-refractivity contribution in [3.63, 3.8) is 0 Å². The lowest BCUT2D eigenvalue weighted by atomic mass is 10.1. The second-order valence-corrected chi connectivity index (χ2v) is 5.16. The van der Waals surface area contributed by atoms with Crippen LogP contribution in [-0.4, -0.2) is 52.9 Å². The zero-order valence-corrected chi connectivity index (χ0v) is 10.9. The number of nitrogens with two attached hydrogens (primary N) is 1. The molecule has 2 aliphatic heterocycles. The minimum Gasteiger partial charge on any atom is -0.336 e. The minimum absolute atomic E-state index is 0.0745. The van der Waals surface area contributed by atoms with Crippen molar-refractivity contribution in [1.29, 1.82) is 0 Å². The first-order valence-electron chi connectivity index (χ1n) is 6.74. The van der Waals surface area contributed by atoms with Gasteiger partial charge in [0, 0.05) is 37.4 Å². The molecule has 1 amide bonds. The number of piperazine rings is 1. The first-order valence-corrected chi connectivity index (χ1v) is 6.74. The first kappa shape index (κ1) is 12.4. The van der Waals surface area contributed by atoms with Crippen molar-refractivity contribution < 1.29 is 4.79 Å². The van der Waals surface area contributed by atoms with Crippen LogP contribution in [0.1, 0.15) is 23.2 Å². The molecule has 2 fully saturated rings. The van der Waals surface area contributed by atoms with Gasteiger partial charge in [-0.1, -0.05) is 0 Å². The van der Waals surface area contributed by atoms with E-state index >= 15 is 0 Å². The minimum atomic E-state index is 0.0745. The molecule has 2 saturated heterocycles. The summed E-state index contributed by atoms with van der Waals surface area (Å²) in [5, 5.41) is 0. The summed E-state index contributed by atoms with van der Waals surface area (Å²) in [6, 6.07) is 3.99. The van der Waals surface area contributed by atoms with E-state index in [1.165, 1.54) is 19.4 Å². The van der Waals surface area contributed by atoms with E-state index < -0.39 is 0 Å². The number of anilines is 1. The fourth-order valence-corrected chi connectivity index (χ4v) is 3.00. The van der Waals surface area contributed by atoms with Crippen LogP contribution in [0.15, 0.2) is 18.3 Å². The summed E-state index contributed by atoms with van der Waals surface area (Å²) in [7, 11) is 0. The van der Waals surface area contributed by atoms with Crippen LogP contribution in [0.3, 0.4) is 0 Å². The normalized spacial score (nSPS) is 23.2. The predicted molar refractivity (Wildman–Crippen MR) is 72.5 cm³/mol. The summed E-state index contributed by atoms with van der Waals surface area (Å²) in [5.41, 5.74) is 3.12. The third-order valence-corrected chi connectivity index (χ3v) is 4.03. The number of carbonyl (C=O) groups is 1. The third-order valence-electron chi connectivity index (χ3n) is 4.03. The molecule has 1 aromatic heterocycles. The molecule has 1 atom stereocenters. The maximum atomic E-state index is 12.5. The molecule has 0 aliphatic carbocycles. The van der Waals surface area contributed by atoms with Crippen molar-refractivity contribution in [3.8, 4) is 0 Å². The van der Waals surface area contributed by atoms with E-state index in [0.29, 0.717) is 17.4 Å². The average Bonchev–Trinajstić information content (AvgIpc) is 2.94. The molecule has 0 bridgehead atoms. The highest BCUT2D eigenvalue weighted by Gasteiger charge is 2.32. The zero-order valence-electron chi connectivity index (χ0n) is 10.9. The Morgan fingerprint density at radius 3 is 3.16 bits per heavy atom.